The van der Waals surface area contributed by atoms with Gasteiger partial charge in [-0.25, -0.2) is 4.79 Å². The Hall–Kier alpha value is -2.38. The molecule has 7 nitrogen and oxygen atoms in total. The van der Waals surface area contributed by atoms with Crippen molar-refractivity contribution in [3.8, 4) is 0 Å². The fraction of sp³-hybridized carbons (Fsp3) is 0.600. The van der Waals surface area contributed by atoms with Gasteiger partial charge in [0.15, 0.2) is 6.61 Å². The van der Waals surface area contributed by atoms with E-state index in [1.165, 1.54) is 16.5 Å². The number of hydrogen-bond acceptors (Lipinski definition) is 6. The maximum Gasteiger partial charge on any atom is 0.344 e. The number of para-hydroxylation sites is 1. The molecule has 176 valence electrons. The van der Waals surface area contributed by atoms with E-state index in [9.17, 15) is 9.59 Å². The maximum absolute atomic E-state index is 12.7. The van der Waals surface area contributed by atoms with E-state index in [1.54, 1.807) is 0 Å². The highest BCUT2D eigenvalue weighted by atomic mass is 16.6. The van der Waals surface area contributed by atoms with Crippen molar-refractivity contribution in [2.75, 3.05) is 39.5 Å². The molecule has 0 spiro atoms. The largest absolute Gasteiger partial charge is 0.462 e. The van der Waals surface area contributed by atoms with Crippen LogP contribution in [0.3, 0.4) is 0 Å². The van der Waals surface area contributed by atoms with Gasteiger partial charge < -0.3 is 24.1 Å². The van der Waals surface area contributed by atoms with Gasteiger partial charge in [0.1, 0.15) is 12.2 Å². The van der Waals surface area contributed by atoms with Gasteiger partial charge >= 0.3 is 11.9 Å². The minimum Gasteiger partial charge on any atom is -0.462 e. The van der Waals surface area contributed by atoms with Crippen LogP contribution in [0, 0.1) is 0 Å². The van der Waals surface area contributed by atoms with E-state index in [-0.39, 0.29) is 19.6 Å². The summed E-state index contributed by atoms with van der Waals surface area (Å²) in [7, 11) is 0. The van der Waals surface area contributed by atoms with E-state index in [1.807, 2.05) is 6.92 Å². The molecule has 1 N–H and O–H groups in total. The summed E-state index contributed by atoms with van der Waals surface area (Å²) >= 11 is 0. The highest BCUT2D eigenvalue weighted by Crippen LogP contribution is 2.42. The summed E-state index contributed by atoms with van der Waals surface area (Å²) in [5.74, 6) is -0.991. The van der Waals surface area contributed by atoms with Crippen molar-refractivity contribution in [2.45, 2.75) is 59.0 Å². The summed E-state index contributed by atoms with van der Waals surface area (Å²) in [6.07, 6.45) is 2.41. The zero-order chi connectivity index (χ0) is 23.1. The second-order valence-corrected chi connectivity index (χ2v) is 8.20. The Bertz CT molecular complexity index is 934. The van der Waals surface area contributed by atoms with Crippen molar-refractivity contribution in [3.63, 3.8) is 0 Å². The molecule has 3 rings (SSSR count). The molecule has 2 heterocycles. The lowest BCUT2D eigenvalue weighted by atomic mass is 9.86. The molecule has 0 amide bonds. The minimum atomic E-state index is -0.776. The zero-order valence-electron chi connectivity index (χ0n) is 19.8. The zero-order valence-corrected chi connectivity index (χ0v) is 19.8. The molecule has 1 atom stereocenters. The second-order valence-electron chi connectivity index (χ2n) is 8.20. The fourth-order valence-corrected chi connectivity index (χ4v) is 4.54. The van der Waals surface area contributed by atoms with Crippen LogP contribution in [0.2, 0.25) is 0 Å². The van der Waals surface area contributed by atoms with E-state index in [0.717, 1.165) is 37.1 Å². The van der Waals surface area contributed by atoms with Crippen molar-refractivity contribution >= 4 is 22.8 Å². The first-order chi connectivity index (χ1) is 15.5. The predicted octanol–water partition coefficient (Wildman–Crippen LogP) is 3.73. The van der Waals surface area contributed by atoms with Crippen LogP contribution in [0.25, 0.3) is 10.9 Å². The number of benzene rings is 1. The topological polar surface area (TPSA) is 80.9 Å². The third-order valence-corrected chi connectivity index (χ3v) is 6.51. The van der Waals surface area contributed by atoms with Crippen molar-refractivity contribution in [1.82, 2.24) is 9.88 Å². The van der Waals surface area contributed by atoms with Gasteiger partial charge in [-0.15, -0.1) is 0 Å². The number of ether oxygens (including phenoxy) is 3. The first-order valence-electron chi connectivity index (χ1n) is 11.8. The molecule has 1 aromatic carbocycles. The molecule has 0 saturated heterocycles. The van der Waals surface area contributed by atoms with Gasteiger partial charge in [-0.1, -0.05) is 45.9 Å². The average Bonchev–Trinajstić information content (AvgIpc) is 3.21. The number of aromatic nitrogens is 1. The first kappa shape index (κ1) is 24.3. The molecule has 1 aliphatic heterocycles. The summed E-state index contributed by atoms with van der Waals surface area (Å²) in [5, 5.41) is 1.20. The highest BCUT2D eigenvalue weighted by molar-refractivity contribution is 5.88. The van der Waals surface area contributed by atoms with Crippen LogP contribution in [-0.4, -0.2) is 61.3 Å². The molecule has 2 aromatic rings. The summed E-state index contributed by atoms with van der Waals surface area (Å²) in [6.45, 7) is 11.2. The Labute approximate surface area is 190 Å². The maximum atomic E-state index is 12.7. The summed E-state index contributed by atoms with van der Waals surface area (Å²) in [4.78, 5) is 30.4. The Morgan fingerprint density at radius 1 is 1.12 bits per heavy atom. The van der Waals surface area contributed by atoms with E-state index < -0.39 is 17.5 Å². The van der Waals surface area contributed by atoms with E-state index in [4.69, 9.17) is 14.2 Å². The lowest BCUT2D eigenvalue weighted by Gasteiger charge is -2.36. The monoisotopic (exact) mass is 444 g/mol. The van der Waals surface area contributed by atoms with Gasteiger partial charge in [-0.3, -0.25) is 4.79 Å². The minimum absolute atomic E-state index is 0.0531. The molecule has 0 radical (unpaired) electrons. The Morgan fingerprint density at radius 2 is 1.91 bits per heavy atom. The Morgan fingerprint density at radius 3 is 2.59 bits per heavy atom. The standard InChI is InChI=1S/C25H36N2O5/c1-5-18-10-9-11-19-20-12-14-32-25(6-2,24(20)26-23(18)19)16-21(28)31-17-22(29)30-15-13-27(7-3)8-4/h9-11,26H,5-8,12-17H2,1-4H3. The summed E-state index contributed by atoms with van der Waals surface area (Å²) in [6, 6.07) is 6.33. The van der Waals surface area contributed by atoms with Crippen LogP contribution in [0.5, 0.6) is 0 Å². The molecule has 0 saturated carbocycles. The fourth-order valence-electron chi connectivity index (χ4n) is 4.54. The lowest BCUT2D eigenvalue weighted by molar-refractivity contribution is -0.165. The molecule has 1 aromatic heterocycles. The number of H-pyrrole nitrogens is 1. The molecular formula is C25H36N2O5. The van der Waals surface area contributed by atoms with Crippen LogP contribution in [0.4, 0.5) is 0 Å². The predicted molar refractivity (Wildman–Crippen MR) is 124 cm³/mol. The average molecular weight is 445 g/mol. The first-order valence-corrected chi connectivity index (χ1v) is 11.8. The number of aromatic amines is 1. The second kappa shape index (κ2) is 11.0. The van der Waals surface area contributed by atoms with Gasteiger partial charge in [0, 0.05) is 17.4 Å². The van der Waals surface area contributed by atoms with Gasteiger partial charge in [0.2, 0.25) is 0 Å². The number of likely N-dealkylation sites (N-methyl/N-ethyl adjacent to an activating group) is 1. The van der Waals surface area contributed by atoms with Gasteiger partial charge in [-0.05, 0) is 43.5 Å². The molecule has 0 fully saturated rings. The molecule has 32 heavy (non-hydrogen) atoms. The Kier molecular flexibility index (Phi) is 8.32. The summed E-state index contributed by atoms with van der Waals surface area (Å²) in [5.41, 5.74) is 3.76. The molecule has 1 aliphatic rings. The van der Waals surface area contributed by atoms with Crippen molar-refractivity contribution in [1.29, 1.82) is 0 Å². The van der Waals surface area contributed by atoms with Crippen LogP contribution in [0.15, 0.2) is 18.2 Å². The van der Waals surface area contributed by atoms with E-state index >= 15 is 0 Å². The number of fused-ring (bicyclic) bond motifs is 3. The van der Waals surface area contributed by atoms with Crippen LogP contribution >= 0.6 is 0 Å². The van der Waals surface area contributed by atoms with Crippen LogP contribution in [-0.2, 0) is 42.2 Å². The quantitative estimate of drug-likeness (QED) is 0.532. The van der Waals surface area contributed by atoms with Crippen LogP contribution in [0.1, 0.15) is 57.4 Å². The normalized spacial score (nSPS) is 18.0. The number of rotatable bonds is 11. The van der Waals surface area contributed by atoms with Crippen LogP contribution < -0.4 is 0 Å². The number of hydrogen-bond donors (Lipinski definition) is 1. The van der Waals surface area contributed by atoms with Gasteiger partial charge in [-0.2, -0.15) is 0 Å². The lowest BCUT2D eigenvalue weighted by Crippen LogP contribution is -2.38. The number of nitrogens with one attached hydrogen (secondary N) is 1. The Balaban J connectivity index is 1.65. The third-order valence-electron chi connectivity index (χ3n) is 6.51. The number of nitrogens with zero attached hydrogens (tertiary/aromatic N) is 1. The molecule has 1 unspecified atom stereocenters. The van der Waals surface area contributed by atoms with Crippen molar-refractivity contribution in [2.24, 2.45) is 0 Å². The van der Waals surface area contributed by atoms with Crippen molar-refractivity contribution in [3.05, 3.63) is 35.0 Å². The molecule has 0 aliphatic carbocycles. The van der Waals surface area contributed by atoms with Gasteiger partial charge in [0.25, 0.3) is 0 Å². The molecule has 0 bridgehead atoms. The smallest absolute Gasteiger partial charge is 0.344 e. The van der Waals surface area contributed by atoms with E-state index in [2.05, 4.69) is 48.9 Å². The third kappa shape index (κ3) is 5.15. The summed E-state index contributed by atoms with van der Waals surface area (Å²) < 4.78 is 16.6. The molecular weight excluding hydrogens is 408 g/mol. The SMILES string of the molecule is CCc1cccc2c3c([nH]c12)C(CC)(CC(=O)OCC(=O)OCCN(CC)CC)OCC3. The highest BCUT2D eigenvalue weighted by Gasteiger charge is 2.41. The van der Waals surface area contributed by atoms with Crippen molar-refractivity contribution < 1.29 is 23.8 Å². The molecule has 7 heteroatoms. The number of aryl methyl sites for hydroxylation is 1. The van der Waals surface area contributed by atoms with E-state index in [0.29, 0.717) is 19.6 Å². The number of esters is 2. The van der Waals surface area contributed by atoms with Gasteiger partial charge in [0.05, 0.1) is 18.7 Å². The number of carbonyl (C=O) groups excluding carboxylic acids is 2. The number of carbonyl (C=O) groups is 2.